The molecule has 1 aromatic carbocycles. The van der Waals surface area contributed by atoms with Gasteiger partial charge in [0.1, 0.15) is 6.04 Å². The fourth-order valence-corrected chi connectivity index (χ4v) is 2.92. The van der Waals surface area contributed by atoms with E-state index < -0.39 is 0 Å². The van der Waals surface area contributed by atoms with E-state index in [9.17, 15) is 4.79 Å². The Bertz CT molecular complexity index is 511. The zero-order valence-corrected chi connectivity index (χ0v) is 14.6. The van der Waals surface area contributed by atoms with Gasteiger partial charge >= 0.3 is 0 Å². The molecule has 5 heteroatoms. The standard InChI is InChI=1S/C16H23BrN2O2/c1-10-7-14(5-6-15(10)17)18-13(4)16(20)19-8-11(2)21-12(3)9-19/h5-7,11-13,18H,8-9H2,1-4H3/t11-,12+,13-/m1/s1. The van der Waals surface area contributed by atoms with Crippen molar-refractivity contribution >= 4 is 27.5 Å². The smallest absolute Gasteiger partial charge is 0.244 e. The van der Waals surface area contributed by atoms with E-state index in [-0.39, 0.29) is 24.2 Å². The molecule has 0 radical (unpaired) electrons. The number of carbonyl (C=O) groups excluding carboxylic acids is 1. The second kappa shape index (κ2) is 6.79. The summed E-state index contributed by atoms with van der Waals surface area (Å²) in [6, 6.07) is 5.76. The summed E-state index contributed by atoms with van der Waals surface area (Å²) in [4.78, 5) is 14.4. The first kappa shape index (κ1) is 16.3. The van der Waals surface area contributed by atoms with Gasteiger partial charge in [-0.05, 0) is 51.5 Å². The van der Waals surface area contributed by atoms with Crippen LogP contribution in [0.1, 0.15) is 26.3 Å². The maximum Gasteiger partial charge on any atom is 0.244 e. The van der Waals surface area contributed by atoms with Gasteiger partial charge in [-0.25, -0.2) is 0 Å². The minimum atomic E-state index is -0.247. The quantitative estimate of drug-likeness (QED) is 0.906. The van der Waals surface area contributed by atoms with Crippen molar-refractivity contribution in [3.05, 3.63) is 28.2 Å². The number of benzene rings is 1. The van der Waals surface area contributed by atoms with Crippen LogP contribution in [-0.2, 0) is 9.53 Å². The number of halogens is 1. The van der Waals surface area contributed by atoms with E-state index in [0.717, 1.165) is 15.7 Å². The van der Waals surface area contributed by atoms with Crippen molar-refractivity contribution in [1.29, 1.82) is 0 Å². The number of anilines is 1. The van der Waals surface area contributed by atoms with Crippen molar-refractivity contribution in [2.24, 2.45) is 0 Å². The van der Waals surface area contributed by atoms with Crippen molar-refractivity contribution in [2.75, 3.05) is 18.4 Å². The fourth-order valence-electron chi connectivity index (χ4n) is 2.68. The molecule has 1 aliphatic rings. The lowest BCUT2D eigenvalue weighted by Gasteiger charge is -2.36. The van der Waals surface area contributed by atoms with E-state index in [2.05, 4.69) is 21.2 Å². The predicted octanol–water partition coefficient (Wildman–Crippen LogP) is 3.19. The number of morpholine rings is 1. The first-order valence-electron chi connectivity index (χ1n) is 7.33. The molecule has 0 aliphatic carbocycles. The minimum absolute atomic E-state index is 0.0971. The second-order valence-electron chi connectivity index (χ2n) is 5.83. The number of nitrogens with zero attached hydrogens (tertiary/aromatic N) is 1. The van der Waals surface area contributed by atoms with Crippen LogP contribution in [0.25, 0.3) is 0 Å². The normalized spacial score (nSPS) is 23.8. The lowest BCUT2D eigenvalue weighted by Crippen LogP contribution is -2.52. The summed E-state index contributed by atoms with van der Waals surface area (Å²) < 4.78 is 6.75. The van der Waals surface area contributed by atoms with E-state index in [0.29, 0.717) is 13.1 Å². The third-order valence-electron chi connectivity index (χ3n) is 3.64. The van der Waals surface area contributed by atoms with Crippen molar-refractivity contribution in [1.82, 2.24) is 4.90 Å². The summed E-state index contributed by atoms with van der Waals surface area (Å²) in [6.07, 6.45) is 0.194. The van der Waals surface area contributed by atoms with E-state index in [1.807, 2.05) is 50.8 Å². The Kier molecular flexibility index (Phi) is 5.27. The highest BCUT2D eigenvalue weighted by Crippen LogP contribution is 2.21. The SMILES string of the molecule is Cc1cc(N[C@H](C)C(=O)N2C[C@@H](C)O[C@@H](C)C2)ccc1Br. The number of rotatable bonds is 3. The molecule has 0 unspecified atom stereocenters. The molecule has 1 heterocycles. The van der Waals surface area contributed by atoms with Crippen LogP contribution in [0.4, 0.5) is 5.69 Å². The van der Waals surface area contributed by atoms with Crippen LogP contribution in [0.2, 0.25) is 0 Å². The molecule has 1 aromatic rings. The Morgan fingerprint density at radius 1 is 1.38 bits per heavy atom. The van der Waals surface area contributed by atoms with Gasteiger partial charge in [-0.2, -0.15) is 0 Å². The Labute approximate surface area is 135 Å². The lowest BCUT2D eigenvalue weighted by molar-refractivity contribution is -0.143. The third kappa shape index (κ3) is 4.20. The third-order valence-corrected chi connectivity index (χ3v) is 4.53. The summed E-state index contributed by atoms with van der Waals surface area (Å²) in [5.74, 6) is 0.123. The van der Waals surface area contributed by atoms with Crippen LogP contribution in [0.5, 0.6) is 0 Å². The van der Waals surface area contributed by atoms with Crippen LogP contribution in [0.15, 0.2) is 22.7 Å². The lowest BCUT2D eigenvalue weighted by atomic mass is 10.1. The minimum Gasteiger partial charge on any atom is -0.374 e. The van der Waals surface area contributed by atoms with Crippen LogP contribution < -0.4 is 5.32 Å². The summed E-state index contributed by atoms with van der Waals surface area (Å²) in [5, 5.41) is 3.28. The van der Waals surface area contributed by atoms with Gasteiger partial charge in [-0.15, -0.1) is 0 Å². The van der Waals surface area contributed by atoms with Crippen molar-refractivity contribution in [3.63, 3.8) is 0 Å². The van der Waals surface area contributed by atoms with E-state index in [1.54, 1.807) is 0 Å². The second-order valence-corrected chi connectivity index (χ2v) is 6.68. The highest BCUT2D eigenvalue weighted by atomic mass is 79.9. The average Bonchev–Trinajstić information content (AvgIpc) is 2.41. The molecule has 0 bridgehead atoms. The molecule has 1 amide bonds. The molecule has 1 saturated heterocycles. The number of hydrogen-bond donors (Lipinski definition) is 1. The molecule has 21 heavy (non-hydrogen) atoms. The Balaban J connectivity index is 2.00. The molecule has 0 spiro atoms. The molecule has 3 atom stereocenters. The number of hydrogen-bond acceptors (Lipinski definition) is 3. The summed E-state index contributed by atoms with van der Waals surface area (Å²) in [7, 11) is 0. The van der Waals surface area contributed by atoms with Crippen LogP contribution in [-0.4, -0.2) is 42.1 Å². The van der Waals surface area contributed by atoms with E-state index in [4.69, 9.17) is 4.74 Å². The highest BCUT2D eigenvalue weighted by molar-refractivity contribution is 9.10. The molecule has 0 aromatic heterocycles. The number of nitrogens with one attached hydrogen (secondary N) is 1. The van der Waals surface area contributed by atoms with Crippen LogP contribution in [0.3, 0.4) is 0 Å². The van der Waals surface area contributed by atoms with Gasteiger partial charge in [0.25, 0.3) is 0 Å². The molecule has 2 rings (SSSR count). The first-order chi connectivity index (χ1) is 9.86. The van der Waals surface area contributed by atoms with E-state index >= 15 is 0 Å². The number of carbonyl (C=O) groups is 1. The molecule has 1 N–H and O–H groups in total. The number of aryl methyl sites for hydroxylation is 1. The van der Waals surface area contributed by atoms with Gasteiger partial charge < -0.3 is 15.0 Å². The maximum absolute atomic E-state index is 12.5. The van der Waals surface area contributed by atoms with E-state index in [1.165, 1.54) is 0 Å². The Hall–Kier alpha value is -1.07. The Morgan fingerprint density at radius 3 is 2.57 bits per heavy atom. The summed E-state index contributed by atoms with van der Waals surface area (Å²) >= 11 is 3.48. The summed E-state index contributed by atoms with van der Waals surface area (Å²) in [5.41, 5.74) is 2.11. The topological polar surface area (TPSA) is 41.6 Å². The van der Waals surface area contributed by atoms with Gasteiger partial charge in [0.15, 0.2) is 0 Å². The Morgan fingerprint density at radius 2 is 2.00 bits per heavy atom. The molecular formula is C16H23BrN2O2. The molecule has 0 saturated carbocycles. The van der Waals surface area contributed by atoms with Gasteiger partial charge in [0.05, 0.1) is 12.2 Å². The zero-order valence-electron chi connectivity index (χ0n) is 13.0. The van der Waals surface area contributed by atoms with Crippen LogP contribution in [0, 0.1) is 6.92 Å². The van der Waals surface area contributed by atoms with Crippen LogP contribution >= 0.6 is 15.9 Å². The van der Waals surface area contributed by atoms with Gasteiger partial charge in [-0.1, -0.05) is 15.9 Å². The zero-order chi connectivity index (χ0) is 15.6. The molecule has 1 fully saturated rings. The fraction of sp³-hybridized carbons (Fsp3) is 0.562. The molecule has 1 aliphatic heterocycles. The maximum atomic E-state index is 12.5. The molecule has 116 valence electrons. The average molecular weight is 355 g/mol. The van der Waals surface area contributed by atoms with Crippen molar-refractivity contribution in [2.45, 2.75) is 45.9 Å². The van der Waals surface area contributed by atoms with Gasteiger partial charge in [0.2, 0.25) is 5.91 Å². The largest absolute Gasteiger partial charge is 0.374 e. The molecular weight excluding hydrogens is 332 g/mol. The van der Waals surface area contributed by atoms with Gasteiger partial charge in [-0.3, -0.25) is 4.79 Å². The first-order valence-corrected chi connectivity index (χ1v) is 8.13. The monoisotopic (exact) mass is 354 g/mol. The summed E-state index contributed by atoms with van der Waals surface area (Å²) in [6.45, 7) is 9.28. The highest BCUT2D eigenvalue weighted by Gasteiger charge is 2.28. The predicted molar refractivity (Wildman–Crippen MR) is 88.6 cm³/mol. The number of amides is 1. The van der Waals surface area contributed by atoms with Crippen molar-refractivity contribution in [3.8, 4) is 0 Å². The van der Waals surface area contributed by atoms with Crippen molar-refractivity contribution < 1.29 is 9.53 Å². The van der Waals surface area contributed by atoms with Gasteiger partial charge in [0, 0.05) is 23.2 Å². The number of ether oxygens (including phenoxy) is 1. The molecule has 4 nitrogen and oxygen atoms in total.